The van der Waals surface area contributed by atoms with Crippen molar-refractivity contribution in [3.63, 3.8) is 0 Å². The van der Waals surface area contributed by atoms with E-state index in [1.54, 1.807) is 27.7 Å². The molecule has 0 rings (SSSR count). The van der Waals surface area contributed by atoms with Gasteiger partial charge in [-0.15, -0.1) is 0 Å². The lowest BCUT2D eigenvalue weighted by Crippen LogP contribution is -2.22. The second-order valence-electron chi connectivity index (χ2n) is 3.63. The minimum absolute atomic E-state index is 0.427. The van der Waals surface area contributed by atoms with Crippen LogP contribution < -0.4 is 0 Å². The Hall–Kier alpha value is -0.830. The predicted molar refractivity (Wildman–Crippen MR) is 46.7 cm³/mol. The molecule has 0 bridgehead atoms. The molecular formula is C9H16O3. The van der Waals surface area contributed by atoms with Crippen LogP contribution in [-0.4, -0.2) is 22.8 Å². The number of hydrogen-bond donors (Lipinski definition) is 1. The van der Waals surface area contributed by atoms with E-state index in [1.807, 2.05) is 0 Å². The van der Waals surface area contributed by atoms with Crippen molar-refractivity contribution in [2.24, 2.45) is 0 Å². The van der Waals surface area contributed by atoms with Crippen LogP contribution >= 0.6 is 0 Å². The van der Waals surface area contributed by atoms with Gasteiger partial charge in [-0.25, -0.2) is 4.79 Å². The molecule has 0 amide bonds. The number of carbonyl (C=O) groups is 1. The summed E-state index contributed by atoms with van der Waals surface area (Å²) in [4.78, 5) is 10.9. The molecule has 0 spiro atoms. The number of carbonyl (C=O) groups excluding carboxylic acids is 1. The van der Waals surface area contributed by atoms with Gasteiger partial charge < -0.3 is 9.84 Å². The summed E-state index contributed by atoms with van der Waals surface area (Å²) in [6.07, 6.45) is 2.00. The number of esters is 1. The normalized spacial score (nSPS) is 14.8. The zero-order chi connectivity index (χ0) is 9.78. The fraction of sp³-hybridized carbons (Fsp3) is 0.667. The van der Waals surface area contributed by atoms with Crippen molar-refractivity contribution in [1.29, 1.82) is 0 Å². The minimum atomic E-state index is -0.613. The topological polar surface area (TPSA) is 46.5 Å². The van der Waals surface area contributed by atoms with Gasteiger partial charge in [0.1, 0.15) is 5.60 Å². The van der Waals surface area contributed by atoms with Gasteiger partial charge in [-0.3, -0.25) is 0 Å². The van der Waals surface area contributed by atoms with Crippen LogP contribution in [0.15, 0.2) is 12.2 Å². The summed E-state index contributed by atoms with van der Waals surface area (Å²) in [5.74, 6) is -0.427. The highest BCUT2D eigenvalue weighted by atomic mass is 16.6. The Kier molecular flexibility index (Phi) is 3.96. The molecule has 0 aromatic rings. The molecule has 12 heavy (non-hydrogen) atoms. The van der Waals surface area contributed by atoms with E-state index in [0.717, 1.165) is 0 Å². The van der Waals surface area contributed by atoms with Crippen LogP contribution in [0.4, 0.5) is 0 Å². The lowest BCUT2D eigenvalue weighted by Gasteiger charge is -2.17. The van der Waals surface area contributed by atoms with Crippen LogP contribution in [0.5, 0.6) is 0 Å². The predicted octanol–water partition coefficient (Wildman–Crippen LogP) is 1.27. The first-order valence-electron chi connectivity index (χ1n) is 3.90. The molecule has 0 aromatic carbocycles. The van der Waals surface area contributed by atoms with Gasteiger partial charge in [-0.05, 0) is 33.8 Å². The maximum absolute atomic E-state index is 10.9. The molecule has 0 aliphatic carbocycles. The summed E-state index contributed by atoms with van der Waals surface area (Å²) in [5.41, 5.74) is -0.472. The second kappa shape index (κ2) is 4.26. The monoisotopic (exact) mass is 172 g/mol. The maximum atomic E-state index is 10.9. The molecule has 3 nitrogen and oxygen atoms in total. The van der Waals surface area contributed by atoms with Gasteiger partial charge in [0.15, 0.2) is 0 Å². The molecule has 0 radical (unpaired) electrons. The molecule has 0 heterocycles. The van der Waals surface area contributed by atoms with Crippen LogP contribution in [0.3, 0.4) is 0 Å². The number of aliphatic hydroxyl groups is 1. The highest BCUT2D eigenvalue weighted by Crippen LogP contribution is 2.07. The van der Waals surface area contributed by atoms with E-state index in [4.69, 9.17) is 9.84 Å². The maximum Gasteiger partial charge on any atom is 0.331 e. The van der Waals surface area contributed by atoms with E-state index >= 15 is 0 Å². The van der Waals surface area contributed by atoms with Crippen molar-refractivity contribution in [3.05, 3.63) is 12.2 Å². The van der Waals surface area contributed by atoms with Crippen molar-refractivity contribution in [1.82, 2.24) is 0 Å². The molecule has 1 unspecified atom stereocenters. The summed E-state index contributed by atoms with van der Waals surface area (Å²) in [5, 5.41) is 8.80. The Bertz CT molecular complexity index is 175. The molecular weight excluding hydrogens is 156 g/mol. The van der Waals surface area contributed by atoms with Gasteiger partial charge in [0, 0.05) is 6.08 Å². The SMILES string of the molecule is CC(O)/C=C/C(=O)OC(C)(C)C. The molecule has 3 heteroatoms. The summed E-state index contributed by atoms with van der Waals surface area (Å²) < 4.78 is 4.95. The molecule has 0 saturated heterocycles. The zero-order valence-corrected chi connectivity index (χ0v) is 8.00. The minimum Gasteiger partial charge on any atom is -0.457 e. The van der Waals surface area contributed by atoms with Crippen molar-refractivity contribution >= 4 is 5.97 Å². The Morgan fingerprint density at radius 3 is 2.33 bits per heavy atom. The van der Waals surface area contributed by atoms with Gasteiger partial charge in [0.05, 0.1) is 6.10 Å². The lowest BCUT2D eigenvalue weighted by atomic mass is 10.2. The van der Waals surface area contributed by atoms with Crippen LogP contribution in [-0.2, 0) is 9.53 Å². The number of rotatable bonds is 2. The molecule has 0 aromatic heterocycles. The molecule has 0 aliphatic rings. The molecule has 0 saturated carbocycles. The highest BCUT2D eigenvalue weighted by Gasteiger charge is 2.13. The fourth-order valence-corrected chi connectivity index (χ4v) is 0.554. The van der Waals surface area contributed by atoms with Crippen LogP contribution in [0.25, 0.3) is 0 Å². The Morgan fingerprint density at radius 2 is 2.00 bits per heavy atom. The van der Waals surface area contributed by atoms with Crippen molar-refractivity contribution in [3.8, 4) is 0 Å². The van der Waals surface area contributed by atoms with E-state index in [9.17, 15) is 4.79 Å². The first-order chi connectivity index (χ1) is 5.31. The summed E-state index contributed by atoms with van der Waals surface area (Å²) in [6.45, 7) is 6.95. The third-order valence-electron chi connectivity index (χ3n) is 0.918. The third kappa shape index (κ3) is 7.28. The molecule has 1 N–H and O–H groups in total. The summed E-state index contributed by atoms with van der Waals surface area (Å²) in [7, 11) is 0. The quantitative estimate of drug-likeness (QED) is 0.504. The van der Waals surface area contributed by atoms with Crippen molar-refractivity contribution in [2.75, 3.05) is 0 Å². The van der Waals surface area contributed by atoms with Crippen LogP contribution in [0, 0.1) is 0 Å². The number of ether oxygens (including phenoxy) is 1. The molecule has 1 atom stereocenters. The van der Waals surface area contributed by atoms with Crippen molar-refractivity contribution < 1.29 is 14.6 Å². The van der Waals surface area contributed by atoms with E-state index in [-0.39, 0.29) is 0 Å². The zero-order valence-electron chi connectivity index (χ0n) is 8.00. The van der Waals surface area contributed by atoms with Crippen LogP contribution in [0.1, 0.15) is 27.7 Å². The van der Waals surface area contributed by atoms with Gasteiger partial charge in [0.25, 0.3) is 0 Å². The van der Waals surface area contributed by atoms with E-state index in [0.29, 0.717) is 0 Å². The van der Waals surface area contributed by atoms with E-state index in [2.05, 4.69) is 0 Å². The Labute approximate surface area is 73.0 Å². The summed E-state index contributed by atoms with van der Waals surface area (Å²) >= 11 is 0. The number of aliphatic hydroxyl groups excluding tert-OH is 1. The van der Waals surface area contributed by atoms with Gasteiger partial charge in [-0.1, -0.05) is 0 Å². The highest BCUT2D eigenvalue weighted by molar-refractivity contribution is 5.82. The Morgan fingerprint density at radius 1 is 1.50 bits per heavy atom. The largest absolute Gasteiger partial charge is 0.457 e. The first-order valence-corrected chi connectivity index (χ1v) is 3.90. The smallest absolute Gasteiger partial charge is 0.331 e. The van der Waals surface area contributed by atoms with Gasteiger partial charge in [0.2, 0.25) is 0 Å². The summed E-state index contributed by atoms with van der Waals surface area (Å²) in [6, 6.07) is 0. The van der Waals surface area contributed by atoms with E-state index in [1.165, 1.54) is 12.2 Å². The lowest BCUT2D eigenvalue weighted by molar-refractivity contribution is -0.148. The molecule has 0 aliphatic heterocycles. The first kappa shape index (κ1) is 11.2. The molecule has 70 valence electrons. The third-order valence-corrected chi connectivity index (χ3v) is 0.918. The average Bonchev–Trinajstić information content (AvgIpc) is 1.79. The second-order valence-corrected chi connectivity index (χ2v) is 3.63. The number of hydrogen-bond acceptors (Lipinski definition) is 3. The van der Waals surface area contributed by atoms with Crippen LogP contribution in [0.2, 0.25) is 0 Å². The van der Waals surface area contributed by atoms with Gasteiger partial charge >= 0.3 is 5.97 Å². The average molecular weight is 172 g/mol. The Balaban J connectivity index is 3.91. The van der Waals surface area contributed by atoms with E-state index < -0.39 is 17.7 Å². The van der Waals surface area contributed by atoms with Gasteiger partial charge in [-0.2, -0.15) is 0 Å². The molecule has 0 fully saturated rings. The fourth-order valence-electron chi connectivity index (χ4n) is 0.554. The standard InChI is InChI=1S/C9H16O3/c1-7(10)5-6-8(11)12-9(2,3)4/h5-7,10H,1-4H3/b6-5+. The van der Waals surface area contributed by atoms with Crippen molar-refractivity contribution in [2.45, 2.75) is 39.4 Å².